The first-order valence-electron chi connectivity index (χ1n) is 11.0. The van der Waals surface area contributed by atoms with E-state index in [0.29, 0.717) is 19.5 Å². The Morgan fingerprint density at radius 2 is 2.00 bits per heavy atom. The van der Waals surface area contributed by atoms with Gasteiger partial charge in [0, 0.05) is 51.2 Å². The van der Waals surface area contributed by atoms with Crippen LogP contribution in [0.15, 0.2) is 54.9 Å². The lowest BCUT2D eigenvalue weighted by Gasteiger charge is -2.40. The number of aliphatic hydroxyl groups excluding tert-OH is 1. The van der Waals surface area contributed by atoms with Crippen LogP contribution in [0.5, 0.6) is 0 Å². The highest BCUT2D eigenvalue weighted by atomic mass is 32.1. The van der Waals surface area contributed by atoms with Crippen LogP contribution in [0.2, 0.25) is 0 Å². The van der Waals surface area contributed by atoms with Crippen LogP contribution in [-0.2, 0) is 17.8 Å². The van der Waals surface area contributed by atoms with Crippen molar-refractivity contribution >= 4 is 18.4 Å². The maximum atomic E-state index is 11.5. The molecule has 0 saturated carbocycles. The number of hydrogen-bond donors (Lipinski definition) is 3. The van der Waals surface area contributed by atoms with Gasteiger partial charge in [0.25, 0.3) is 0 Å². The molecule has 1 saturated heterocycles. The van der Waals surface area contributed by atoms with Crippen molar-refractivity contribution in [1.82, 2.24) is 20.1 Å². The lowest BCUT2D eigenvalue weighted by atomic mass is 10.00. The summed E-state index contributed by atoms with van der Waals surface area (Å²) in [6.45, 7) is 6.02. The monoisotopic (exact) mass is 442 g/mol. The van der Waals surface area contributed by atoms with Crippen LogP contribution in [-0.4, -0.2) is 75.9 Å². The number of hydrogen-bond acceptors (Lipinski definition) is 7. The Balaban J connectivity index is 1.49. The first kappa shape index (κ1) is 23.9. The number of pyridine rings is 1. The molecule has 6 nitrogen and oxygen atoms in total. The van der Waals surface area contributed by atoms with Crippen LogP contribution in [0.4, 0.5) is 0 Å². The van der Waals surface area contributed by atoms with Gasteiger partial charge >= 0.3 is 0 Å². The zero-order valence-corrected chi connectivity index (χ0v) is 19.1. The van der Waals surface area contributed by atoms with Gasteiger partial charge in [0.1, 0.15) is 5.78 Å². The number of carbonyl (C=O) groups excluding carboxylic acids is 1. The maximum Gasteiger partial charge on any atom is 0.143 e. The van der Waals surface area contributed by atoms with Gasteiger partial charge in [0.05, 0.1) is 18.0 Å². The third-order valence-electron chi connectivity index (χ3n) is 5.64. The molecule has 1 aromatic heterocycles. The van der Waals surface area contributed by atoms with Gasteiger partial charge in [-0.1, -0.05) is 36.4 Å². The van der Waals surface area contributed by atoms with Crippen molar-refractivity contribution in [3.8, 4) is 0 Å². The third-order valence-corrected chi connectivity index (χ3v) is 6.13. The number of β-amino-alcohol motifs (C(OH)–C–C–N with tert-alkyl or cyclic N) is 1. The van der Waals surface area contributed by atoms with E-state index in [1.165, 1.54) is 11.1 Å². The SMILES string of the molecule is CC(=O)CNC(Cc1ccccc1)CC(O)CN1CCN(Cc2cccnc2)C[C@H]1S. The molecule has 31 heavy (non-hydrogen) atoms. The van der Waals surface area contributed by atoms with Gasteiger partial charge in [-0.3, -0.25) is 19.6 Å². The molecule has 2 N–H and O–H groups in total. The van der Waals surface area contributed by atoms with Crippen molar-refractivity contribution in [3.05, 3.63) is 66.0 Å². The van der Waals surface area contributed by atoms with Gasteiger partial charge in [-0.15, -0.1) is 0 Å². The summed E-state index contributed by atoms with van der Waals surface area (Å²) in [5.41, 5.74) is 2.41. The molecule has 1 aromatic carbocycles. The summed E-state index contributed by atoms with van der Waals surface area (Å²) >= 11 is 4.79. The number of rotatable bonds is 11. The fourth-order valence-corrected chi connectivity index (χ4v) is 4.50. The Kier molecular flexibility index (Phi) is 9.49. The molecule has 0 radical (unpaired) electrons. The molecule has 0 amide bonds. The predicted octanol–water partition coefficient (Wildman–Crippen LogP) is 2.00. The van der Waals surface area contributed by atoms with Gasteiger partial charge in [0.2, 0.25) is 0 Å². The lowest BCUT2D eigenvalue weighted by Crippen LogP contribution is -2.53. The summed E-state index contributed by atoms with van der Waals surface area (Å²) < 4.78 is 0. The Morgan fingerprint density at radius 1 is 1.23 bits per heavy atom. The quantitative estimate of drug-likeness (QED) is 0.463. The first-order valence-corrected chi connectivity index (χ1v) is 11.5. The average molecular weight is 443 g/mol. The normalized spacial score (nSPS) is 19.8. The van der Waals surface area contributed by atoms with E-state index in [4.69, 9.17) is 12.6 Å². The number of nitrogens with zero attached hydrogens (tertiary/aromatic N) is 3. The molecule has 3 rings (SSSR count). The molecule has 1 fully saturated rings. The molecule has 1 aliphatic rings. The standard InChI is InChI=1S/C24H34N4O2S/c1-19(29)14-26-22(12-20-6-3-2-4-7-20)13-23(30)17-28-11-10-27(18-24(28)31)16-21-8-5-9-25-15-21/h2-9,15,22-24,26,30-31H,10-14,16-18H2,1H3/t22?,23?,24-/m1/s1. The molecule has 2 unspecified atom stereocenters. The van der Waals surface area contributed by atoms with Crippen LogP contribution in [0.1, 0.15) is 24.5 Å². The summed E-state index contributed by atoms with van der Waals surface area (Å²) in [5, 5.41) is 14.2. The highest BCUT2D eigenvalue weighted by molar-refractivity contribution is 7.80. The van der Waals surface area contributed by atoms with E-state index in [1.807, 2.05) is 30.5 Å². The van der Waals surface area contributed by atoms with Gasteiger partial charge in [-0.2, -0.15) is 12.6 Å². The van der Waals surface area contributed by atoms with Crippen molar-refractivity contribution in [2.24, 2.45) is 0 Å². The minimum atomic E-state index is -0.479. The van der Waals surface area contributed by atoms with Gasteiger partial charge in [0.15, 0.2) is 0 Å². The Bertz CT molecular complexity index is 793. The van der Waals surface area contributed by atoms with Crippen molar-refractivity contribution in [2.75, 3.05) is 32.7 Å². The fraction of sp³-hybridized carbons (Fsp3) is 0.500. The topological polar surface area (TPSA) is 68.7 Å². The van der Waals surface area contributed by atoms with E-state index < -0.39 is 6.10 Å². The van der Waals surface area contributed by atoms with E-state index in [-0.39, 0.29) is 17.2 Å². The Hall–Kier alpha value is -1.77. The number of ketones is 1. The largest absolute Gasteiger partial charge is 0.392 e. The minimum absolute atomic E-state index is 0.0477. The molecule has 0 aliphatic carbocycles. The predicted molar refractivity (Wildman–Crippen MR) is 127 cm³/mol. The maximum absolute atomic E-state index is 11.5. The van der Waals surface area contributed by atoms with E-state index in [2.05, 4.69) is 38.3 Å². The summed E-state index contributed by atoms with van der Waals surface area (Å²) in [6.07, 6.45) is 4.60. The molecule has 3 atom stereocenters. The second-order valence-corrected chi connectivity index (χ2v) is 9.03. The number of benzene rings is 1. The van der Waals surface area contributed by atoms with Crippen molar-refractivity contribution in [2.45, 2.75) is 43.8 Å². The van der Waals surface area contributed by atoms with Crippen LogP contribution in [0, 0.1) is 0 Å². The average Bonchev–Trinajstić information content (AvgIpc) is 2.75. The van der Waals surface area contributed by atoms with Crippen LogP contribution in [0.25, 0.3) is 0 Å². The highest BCUT2D eigenvalue weighted by Gasteiger charge is 2.27. The smallest absolute Gasteiger partial charge is 0.143 e. The number of aromatic nitrogens is 1. The number of thiol groups is 1. The zero-order valence-electron chi connectivity index (χ0n) is 18.2. The summed E-state index contributed by atoms with van der Waals surface area (Å²) in [7, 11) is 0. The van der Waals surface area contributed by atoms with Crippen LogP contribution >= 0.6 is 12.6 Å². The number of Topliss-reactive ketones (excluding diaryl/α,β-unsaturated/α-hetero) is 1. The van der Waals surface area contributed by atoms with Crippen molar-refractivity contribution < 1.29 is 9.90 Å². The van der Waals surface area contributed by atoms with Crippen LogP contribution in [0.3, 0.4) is 0 Å². The molecular weight excluding hydrogens is 408 g/mol. The molecule has 2 heterocycles. The summed E-state index contributed by atoms with van der Waals surface area (Å²) in [6, 6.07) is 14.3. The number of aliphatic hydroxyl groups is 1. The summed E-state index contributed by atoms with van der Waals surface area (Å²) in [5.74, 6) is 0.104. The molecule has 0 bridgehead atoms. The highest BCUT2D eigenvalue weighted by Crippen LogP contribution is 2.17. The second-order valence-electron chi connectivity index (χ2n) is 8.43. The lowest BCUT2D eigenvalue weighted by molar-refractivity contribution is -0.116. The number of carbonyl (C=O) groups is 1. The van der Waals surface area contributed by atoms with E-state index in [9.17, 15) is 9.90 Å². The van der Waals surface area contributed by atoms with E-state index in [0.717, 1.165) is 32.6 Å². The van der Waals surface area contributed by atoms with Crippen molar-refractivity contribution in [3.63, 3.8) is 0 Å². The number of nitrogens with one attached hydrogen (secondary N) is 1. The zero-order chi connectivity index (χ0) is 22.1. The number of piperazine rings is 1. The molecule has 0 spiro atoms. The molecular formula is C24H34N4O2S. The van der Waals surface area contributed by atoms with Crippen molar-refractivity contribution in [1.29, 1.82) is 0 Å². The Morgan fingerprint density at radius 3 is 2.68 bits per heavy atom. The molecule has 7 heteroatoms. The molecule has 2 aromatic rings. The van der Waals surface area contributed by atoms with Crippen LogP contribution < -0.4 is 5.32 Å². The fourth-order valence-electron chi connectivity index (χ4n) is 4.06. The van der Waals surface area contributed by atoms with E-state index in [1.54, 1.807) is 13.1 Å². The molecule has 1 aliphatic heterocycles. The first-order chi connectivity index (χ1) is 15.0. The van der Waals surface area contributed by atoms with Gasteiger partial charge in [-0.05, 0) is 37.0 Å². The Labute approximate surface area is 191 Å². The third kappa shape index (κ3) is 8.35. The van der Waals surface area contributed by atoms with E-state index >= 15 is 0 Å². The minimum Gasteiger partial charge on any atom is -0.392 e. The van der Waals surface area contributed by atoms with Gasteiger partial charge < -0.3 is 10.4 Å². The van der Waals surface area contributed by atoms with Gasteiger partial charge in [-0.25, -0.2) is 0 Å². The second kappa shape index (κ2) is 12.3. The molecule has 168 valence electrons. The summed E-state index contributed by atoms with van der Waals surface area (Å²) in [4.78, 5) is 20.3.